The van der Waals surface area contributed by atoms with Crippen molar-refractivity contribution in [2.45, 2.75) is 122 Å². The number of aliphatic hydroxyl groups excluding tert-OH is 1. The standard InChI is InChI=1S/C56H70F2N10O12/c1-34(63-48(73)26-35-18-22-60-23-19-35)55(80)67-24-9-13-44(67)54(79)65-43(29-46(59)71)53(78)64-42(52(77)61-21-8-12-39(70)30-62-47(72)16-17-50(75)76)20-25-68(49(74)33-69)51(56(2,3)4)45-27-37(40-28-38(57)14-15-41(40)58)32-66(45)31-36-10-6-5-7-11-36/h5-7,10-11,14-15,18-19,22-23,27-28,32,34,42-44,51,69H,8-9,12-13,16-17,20-21,24-26,29-31,33H2,1-4H3,(H2,59,71)(H,61,77)(H,62,72)(H,63,73)(H,64,78)(H,65,79)(H,75,76)/t34-,42-,43-,44+,51-/m0/s1. The number of aromatic nitrogens is 2. The molecular weight excluding hydrogens is 1040 g/mol. The molecule has 0 aliphatic carbocycles. The molecule has 5 atom stereocenters. The van der Waals surface area contributed by atoms with Crippen LogP contribution in [0.25, 0.3) is 11.1 Å². The molecule has 1 fully saturated rings. The van der Waals surface area contributed by atoms with Gasteiger partial charge in [-0.25, -0.2) is 8.78 Å². The molecule has 0 unspecified atom stereocenters. The number of primary amides is 1. The van der Waals surface area contributed by atoms with Crippen LogP contribution in [0.5, 0.6) is 0 Å². The number of halogens is 2. The number of carboxylic acid groups (broad SMARTS) is 1. The minimum atomic E-state index is -1.71. The van der Waals surface area contributed by atoms with Crippen LogP contribution in [0, 0.1) is 17.0 Å². The van der Waals surface area contributed by atoms with Crippen LogP contribution < -0.4 is 32.3 Å². The minimum Gasteiger partial charge on any atom is -0.481 e. The van der Waals surface area contributed by atoms with Gasteiger partial charge >= 0.3 is 5.97 Å². The number of rotatable bonds is 29. The van der Waals surface area contributed by atoms with E-state index in [0.717, 1.165) is 23.8 Å². The van der Waals surface area contributed by atoms with E-state index in [2.05, 4.69) is 31.6 Å². The Labute approximate surface area is 461 Å². The van der Waals surface area contributed by atoms with E-state index in [-0.39, 0.29) is 75.8 Å². The summed E-state index contributed by atoms with van der Waals surface area (Å²) in [6.45, 7) is 5.29. The van der Waals surface area contributed by atoms with Crippen LogP contribution in [0.3, 0.4) is 0 Å². The summed E-state index contributed by atoms with van der Waals surface area (Å²) in [7, 11) is 0. The van der Waals surface area contributed by atoms with E-state index in [4.69, 9.17) is 10.8 Å². The summed E-state index contributed by atoms with van der Waals surface area (Å²) in [6.07, 6.45) is 3.13. The highest BCUT2D eigenvalue weighted by Gasteiger charge is 2.40. The number of benzene rings is 2. The SMILES string of the molecule is C[C@H](NC(=O)Cc1ccncc1)C(=O)N1CCC[C@@H]1C(=O)N[C@@H](CC(N)=O)C(=O)N[C@@H](CCN(C(=O)CO)[C@@H](c1cc(-c2cc(F)ccc2F)cn1Cc1ccccc1)C(C)(C)C)C(=O)NCCCC(=O)CNC(=O)CCC(=O)O. The van der Waals surface area contributed by atoms with Crippen LogP contribution in [0.2, 0.25) is 0 Å². The molecular formula is C56H70F2N10O12. The fourth-order valence-corrected chi connectivity index (χ4v) is 9.39. The van der Waals surface area contributed by atoms with E-state index in [0.29, 0.717) is 17.7 Å². The highest BCUT2D eigenvalue weighted by molar-refractivity contribution is 5.97. The molecule has 2 aromatic heterocycles. The summed E-state index contributed by atoms with van der Waals surface area (Å²) in [6, 6.07) is 10.6. The van der Waals surface area contributed by atoms with Gasteiger partial charge in [0.15, 0.2) is 5.78 Å². The maximum Gasteiger partial charge on any atom is 0.303 e. The van der Waals surface area contributed by atoms with E-state index in [9.17, 15) is 57.4 Å². The number of aliphatic hydroxyl groups is 1. The van der Waals surface area contributed by atoms with Crippen LogP contribution in [-0.2, 0) is 60.9 Å². The average molecular weight is 1110 g/mol. The molecule has 0 spiro atoms. The predicted octanol–water partition coefficient (Wildman–Crippen LogP) is 2.20. The first-order valence-electron chi connectivity index (χ1n) is 26.2. The number of carbonyl (C=O) groups is 10. The van der Waals surface area contributed by atoms with Gasteiger partial charge < -0.3 is 56.9 Å². The average Bonchev–Trinajstić information content (AvgIpc) is 4.10. The van der Waals surface area contributed by atoms with Gasteiger partial charge in [-0.1, -0.05) is 51.1 Å². The molecule has 22 nitrogen and oxygen atoms in total. The Morgan fingerprint density at radius 1 is 0.838 bits per heavy atom. The second kappa shape index (κ2) is 29.5. The maximum atomic E-state index is 15.4. The number of pyridine rings is 1. The molecule has 24 heteroatoms. The largest absolute Gasteiger partial charge is 0.481 e. The summed E-state index contributed by atoms with van der Waals surface area (Å²) < 4.78 is 31.9. The Morgan fingerprint density at radius 2 is 1.55 bits per heavy atom. The molecule has 1 aliphatic rings. The number of amides is 8. The van der Waals surface area contributed by atoms with Crippen LogP contribution in [-0.4, -0.2) is 146 Å². The van der Waals surface area contributed by atoms with E-state index in [1.807, 2.05) is 51.1 Å². The molecule has 3 heterocycles. The number of carboxylic acids is 1. The molecule has 0 saturated carbocycles. The van der Waals surface area contributed by atoms with Gasteiger partial charge in [-0.2, -0.15) is 0 Å². The molecule has 0 bridgehead atoms. The first kappa shape index (κ1) is 62.4. The molecule has 80 heavy (non-hydrogen) atoms. The van der Waals surface area contributed by atoms with Gasteiger partial charge in [0.05, 0.1) is 31.8 Å². The Balaban J connectivity index is 1.42. The van der Waals surface area contributed by atoms with E-state index in [1.165, 1.54) is 29.1 Å². The number of hydrogen-bond donors (Lipinski definition) is 8. The Hall–Kier alpha value is -8.41. The third-order valence-corrected chi connectivity index (χ3v) is 13.2. The minimum absolute atomic E-state index is 0.0358. The number of carbonyl (C=O) groups excluding carboxylic acids is 9. The lowest BCUT2D eigenvalue weighted by Gasteiger charge is -2.41. The van der Waals surface area contributed by atoms with Crippen molar-refractivity contribution in [3.63, 3.8) is 0 Å². The molecule has 0 radical (unpaired) electrons. The topological polar surface area (TPSA) is 322 Å². The highest BCUT2D eigenvalue weighted by atomic mass is 19.1. The van der Waals surface area contributed by atoms with Crippen molar-refractivity contribution in [2.75, 3.05) is 32.8 Å². The number of nitrogens with one attached hydrogen (secondary N) is 5. The molecule has 8 amide bonds. The molecule has 9 N–H and O–H groups in total. The lowest BCUT2D eigenvalue weighted by atomic mass is 9.82. The summed E-state index contributed by atoms with van der Waals surface area (Å²) in [5, 5.41) is 32.1. The summed E-state index contributed by atoms with van der Waals surface area (Å²) in [5.74, 6) is -9.30. The molecule has 1 aliphatic heterocycles. The van der Waals surface area contributed by atoms with Gasteiger partial charge in [0.1, 0.15) is 42.4 Å². The van der Waals surface area contributed by atoms with Crippen molar-refractivity contribution in [1.82, 2.24) is 45.9 Å². The molecule has 5 rings (SSSR count). The van der Waals surface area contributed by atoms with Crippen molar-refractivity contribution >= 4 is 59.0 Å². The lowest BCUT2D eigenvalue weighted by Crippen LogP contribution is -2.58. The first-order valence-corrected chi connectivity index (χ1v) is 26.2. The van der Waals surface area contributed by atoms with E-state index < -0.39 is 132 Å². The Kier molecular flexibility index (Phi) is 23.0. The van der Waals surface area contributed by atoms with Gasteiger partial charge in [-0.15, -0.1) is 0 Å². The van der Waals surface area contributed by atoms with Crippen LogP contribution in [0.15, 0.2) is 85.3 Å². The van der Waals surface area contributed by atoms with Gasteiger partial charge in [0.25, 0.3) is 0 Å². The zero-order valence-electron chi connectivity index (χ0n) is 45.2. The van der Waals surface area contributed by atoms with Crippen molar-refractivity contribution in [3.8, 4) is 11.1 Å². The summed E-state index contributed by atoms with van der Waals surface area (Å²) in [5.41, 5.74) is 6.80. The number of hydrogen-bond acceptors (Lipinski definition) is 12. The first-order chi connectivity index (χ1) is 37.9. The second-order valence-corrected chi connectivity index (χ2v) is 20.6. The van der Waals surface area contributed by atoms with Gasteiger partial charge in [0, 0.05) is 74.4 Å². The molecule has 2 aromatic carbocycles. The van der Waals surface area contributed by atoms with Crippen molar-refractivity contribution < 1.29 is 66.9 Å². The monoisotopic (exact) mass is 1110 g/mol. The Bertz CT molecular complexity index is 2860. The number of nitrogens with two attached hydrogens (primary N) is 1. The van der Waals surface area contributed by atoms with Crippen molar-refractivity contribution in [2.24, 2.45) is 11.1 Å². The number of likely N-dealkylation sites (tertiary alicyclic amines) is 1. The zero-order chi connectivity index (χ0) is 58.7. The fourth-order valence-electron chi connectivity index (χ4n) is 9.39. The van der Waals surface area contributed by atoms with Crippen LogP contribution >= 0.6 is 0 Å². The number of Topliss-reactive ketones (excluding diaryl/α,β-unsaturated/α-hetero) is 1. The fraction of sp³-hybridized carbons (Fsp3) is 0.446. The normalized spacial score (nSPS) is 14.6. The highest BCUT2D eigenvalue weighted by Crippen LogP contribution is 2.41. The molecule has 4 aromatic rings. The third kappa shape index (κ3) is 18.6. The second-order valence-electron chi connectivity index (χ2n) is 20.6. The maximum absolute atomic E-state index is 15.4. The Morgan fingerprint density at radius 3 is 2.21 bits per heavy atom. The van der Waals surface area contributed by atoms with Crippen molar-refractivity contribution in [3.05, 3.63) is 114 Å². The number of nitrogens with zero attached hydrogens (tertiary/aromatic N) is 4. The summed E-state index contributed by atoms with van der Waals surface area (Å²) in [4.78, 5) is 138. The number of aliphatic carboxylic acids is 1. The van der Waals surface area contributed by atoms with Crippen molar-refractivity contribution in [1.29, 1.82) is 0 Å². The quantitative estimate of drug-likeness (QED) is 0.0362. The van der Waals surface area contributed by atoms with Gasteiger partial charge in [-0.3, -0.25) is 52.9 Å². The third-order valence-electron chi connectivity index (χ3n) is 13.2. The molecule has 430 valence electrons. The molecule has 1 saturated heterocycles. The van der Waals surface area contributed by atoms with Crippen LogP contribution in [0.4, 0.5) is 8.78 Å². The van der Waals surface area contributed by atoms with Gasteiger partial charge in [0.2, 0.25) is 47.3 Å². The lowest BCUT2D eigenvalue weighted by molar-refractivity contribution is -0.142. The van der Waals surface area contributed by atoms with Crippen LogP contribution in [0.1, 0.15) is 102 Å². The summed E-state index contributed by atoms with van der Waals surface area (Å²) >= 11 is 0. The van der Waals surface area contributed by atoms with E-state index >= 15 is 4.39 Å². The van der Waals surface area contributed by atoms with E-state index in [1.54, 1.807) is 29.0 Å². The predicted molar refractivity (Wildman–Crippen MR) is 286 cm³/mol. The number of ketones is 1. The smallest absolute Gasteiger partial charge is 0.303 e. The van der Waals surface area contributed by atoms with Gasteiger partial charge in [-0.05, 0) is 85.5 Å². The zero-order valence-corrected chi connectivity index (χ0v) is 45.2.